The number of nitrogens with zero attached hydrogens (tertiary/aromatic N) is 1. The Morgan fingerprint density at radius 3 is 2.28 bits per heavy atom. The lowest BCUT2D eigenvalue weighted by Crippen LogP contribution is -2.51. The van der Waals surface area contributed by atoms with Gasteiger partial charge < -0.3 is 25.0 Å². The summed E-state index contributed by atoms with van der Waals surface area (Å²) in [6.07, 6.45) is 2.38. The maximum absolute atomic E-state index is 13.5. The minimum Gasteiger partial charge on any atom is -0.468 e. The van der Waals surface area contributed by atoms with Crippen molar-refractivity contribution < 1.29 is 28.7 Å². The number of benzene rings is 1. The van der Waals surface area contributed by atoms with E-state index in [1.807, 2.05) is 13.0 Å². The molecular formula is C27H41N3O6. The zero-order chi connectivity index (χ0) is 27.5. The van der Waals surface area contributed by atoms with Gasteiger partial charge in [0.25, 0.3) is 0 Å². The third kappa shape index (κ3) is 10.5. The smallest absolute Gasteiger partial charge is 0.408 e. The number of hydrogen-bond acceptors (Lipinski definition) is 6. The normalized spacial score (nSPS) is 12.8. The van der Waals surface area contributed by atoms with Crippen LogP contribution in [0.25, 0.3) is 6.08 Å². The van der Waals surface area contributed by atoms with E-state index in [0.717, 1.165) is 12.0 Å². The number of amides is 3. The molecule has 1 aromatic carbocycles. The Labute approximate surface area is 214 Å². The highest BCUT2D eigenvalue weighted by atomic mass is 16.6. The molecule has 1 rings (SSSR count). The fourth-order valence-corrected chi connectivity index (χ4v) is 3.53. The van der Waals surface area contributed by atoms with E-state index in [1.165, 1.54) is 12.0 Å². The van der Waals surface area contributed by atoms with Crippen molar-refractivity contribution >= 4 is 30.0 Å². The first-order valence-corrected chi connectivity index (χ1v) is 12.1. The third-order valence-electron chi connectivity index (χ3n) is 5.33. The van der Waals surface area contributed by atoms with Crippen LogP contribution in [-0.2, 0) is 23.9 Å². The second kappa shape index (κ2) is 14.3. The van der Waals surface area contributed by atoms with E-state index in [-0.39, 0.29) is 19.1 Å². The van der Waals surface area contributed by atoms with Gasteiger partial charge in [-0.1, -0.05) is 44.7 Å². The van der Waals surface area contributed by atoms with Crippen LogP contribution in [0.4, 0.5) is 4.79 Å². The topological polar surface area (TPSA) is 114 Å². The molecule has 0 aliphatic heterocycles. The average Bonchev–Trinajstić information content (AvgIpc) is 2.81. The lowest BCUT2D eigenvalue weighted by molar-refractivity contribution is -0.145. The highest BCUT2D eigenvalue weighted by Crippen LogP contribution is 2.27. The van der Waals surface area contributed by atoms with Gasteiger partial charge in [0.05, 0.1) is 7.11 Å². The summed E-state index contributed by atoms with van der Waals surface area (Å²) in [6.45, 7) is 14.3. The molecule has 1 aromatic rings. The number of methoxy groups -OCH3 is 1. The van der Waals surface area contributed by atoms with Gasteiger partial charge in [-0.05, 0) is 63.6 Å². The maximum Gasteiger partial charge on any atom is 0.408 e. The molecule has 0 fully saturated rings. The van der Waals surface area contributed by atoms with Gasteiger partial charge in [0, 0.05) is 6.04 Å². The fourth-order valence-electron chi connectivity index (χ4n) is 3.53. The Hall–Kier alpha value is -3.36. The molecule has 0 aromatic heterocycles. The lowest BCUT2D eigenvalue weighted by Gasteiger charge is -2.36. The van der Waals surface area contributed by atoms with E-state index in [0.29, 0.717) is 17.9 Å². The minimum atomic E-state index is -1.05. The van der Waals surface area contributed by atoms with E-state index in [9.17, 15) is 19.2 Å². The zero-order valence-electron chi connectivity index (χ0n) is 22.6. The van der Waals surface area contributed by atoms with Crippen LogP contribution in [0.3, 0.4) is 0 Å². The summed E-state index contributed by atoms with van der Waals surface area (Å²) in [7, 11) is 1.23. The molecule has 2 unspecified atom stereocenters. The van der Waals surface area contributed by atoms with Crippen LogP contribution in [0.1, 0.15) is 71.6 Å². The van der Waals surface area contributed by atoms with Crippen LogP contribution >= 0.6 is 0 Å². The first kappa shape index (κ1) is 30.7. The number of nitrogens with one attached hydrogen (secondary N) is 2. The molecule has 9 heteroatoms. The van der Waals surface area contributed by atoms with Crippen LogP contribution < -0.4 is 10.6 Å². The van der Waals surface area contributed by atoms with E-state index >= 15 is 0 Å². The second-order valence-corrected chi connectivity index (χ2v) is 10.0. The summed E-state index contributed by atoms with van der Waals surface area (Å²) in [4.78, 5) is 52.3. The SMILES string of the molecule is C=Cc1cccc(C(C(=O)NCC(=O)OC)N(C(=O)CNC(=O)OC(C)(C)C)C(C)CCC(C)C)c1. The predicted molar refractivity (Wildman–Crippen MR) is 139 cm³/mol. The minimum absolute atomic E-state index is 0.342. The number of alkyl carbamates (subject to hydrolysis) is 1. The first-order chi connectivity index (χ1) is 16.8. The highest BCUT2D eigenvalue weighted by molar-refractivity contribution is 5.92. The van der Waals surface area contributed by atoms with Crippen molar-refractivity contribution in [2.45, 2.75) is 72.1 Å². The van der Waals surface area contributed by atoms with Gasteiger partial charge in [-0.25, -0.2) is 4.79 Å². The molecule has 9 nitrogen and oxygen atoms in total. The Balaban J connectivity index is 3.39. The van der Waals surface area contributed by atoms with Crippen molar-refractivity contribution in [2.75, 3.05) is 20.2 Å². The van der Waals surface area contributed by atoms with Crippen LogP contribution in [-0.4, -0.2) is 60.6 Å². The molecule has 0 saturated carbocycles. The van der Waals surface area contributed by atoms with Crippen LogP contribution in [0.5, 0.6) is 0 Å². The van der Waals surface area contributed by atoms with Gasteiger partial charge in [0.15, 0.2) is 0 Å². The molecule has 3 amide bonds. The van der Waals surface area contributed by atoms with Crippen molar-refractivity contribution in [3.63, 3.8) is 0 Å². The quantitative estimate of drug-likeness (QED) is 0.419. The first-order valence-electron chi connectivity index (χ1n) is 12.1. The van der Waals surface area contributed by atoms with Gasteiger partial charge in [0.1, 0.15) is 24.7 Å². The molecule has 0 radical (unpaired) electrons. The molecule has 0 heterocycles. The Morgan fingerprint density at radius 1 is 1.06 bits per heavy atom. The molecule has 200 valence electrons. The van der Waals surface area contributed by atoms with Crippen molar-refractivity contribution in [3.05, 3.63) is 42.0 Å². The number of rotatable bonds is 12. The summed E-state index contributed by atoms with van der Waals surface area (Å²) in [5, 5.41) is 5.07. The molecule has 2 atom stereocenters. The highest BCUT2D eigenvalue weighted by Gasteiger charge is 2.35. The van der Waals surface area contributed by atoms with Gasteiger partial charge in [-0.15, -0.1) is 0 Å². The summed E-state index contributed by atoms with van der Waals surface area (Å²) in [6, 6.07) is 5.72. The molecule has 0 bridgehead atoms. The number of esters is 1. The van der Waals surface area contributed by atoms with Crippen LogP contribution in [0.2, 0.25) is 0 Å². The van der Waals surface area contributed by atoms with E-state index < -0.39 is 35.5 Å². The van der Waals surface area contributed by atoms with E-state index in [1.54, 1.807) is 45.0 Å². The third-order valence-corrected chi connectivity index (χ3v) is 5.33. The van der Waals surface area contributed by atoms with Crippen LogP contribution in [0.15, 0.2) is 30.8 Å². The van der Waals surface area contributed by atoms with Crippen molar-refractivity contribution in [3.8, 4) is 0 Å². The van der Waals surface area contributed by atoms with Gasteiger partial charge >= 0.3 is 12.1 Å². The van der Waals surface area contributed by atoms with Crippen molar-refractivity contribution in [1.29, 1.82) is 0 Å². The van der Waals surface area contributed by atoms with Gasteiger partial charge in [-0.3, -0.25) is 14.4 Å². The predicted octanol–water partition coefficient (Wildman–Crippen LogP) is 3.84. The van der Waals surface area contributed by atoms with Crippen molar-refractivity contribution in [1.82, 2.24) is 15.5 Å². The zero-order valence-corrected chi connectivity index (χ0v) is 22.6. The number of carbonyl (C=O) groups is 4. The standard InChI is InChI=1S/C27H41N3O6/c1-9-20-11-10-12-21(15-20)24(25(33)28-17-23(32)35-8)30(19(4)14-13-18(2)3)22(31)16-29-26(34)36-27(5,6)7/h9-12,15,18-19,24H,1,13-14,16-17H2,2-8H3,(H,28,33)(H,29,34). The number of carbonyl (C=O) groups excluding carboxylic acids is 4. The Bertz CT molecular complexity index is 922. The molecule has 0 spiro atoms. The summed E-state index contributed by atoms with van der Waals surface area (Å²) < 4.78 is 9.88. The second-order valence-electron chi connectivity index (χ2n) is 10.0. The summed E-state index contributed by atoms with van der Waals surface area (Å²) in [5.41, 5.74) is 0.600. The molecule has 0 aliphatic carbocycles. The molecule has 0 saturated heterocycles. The van der Waals surface area contributed by atoms with Crippen LogP contribution in [0, 0.1) is 5.92 Å². The average molecular weight is 504 g/mol. The largest absolute Gasteiger partial charge is 0.468 e. The Morgan fingerprint density at radius 2 is 1.72 bits per heavy atom. The summed E-state index contributed by atoms with van der Waals surface area (Å²) in [5.74, 6) is -1.22. The monoisotopic (exact) mass is 503 g/mol. The van der Waals surface area contributed by atoms with Gasteiger partial charge in [0.2, 0.25) is 11.8 Å². The van der Waals surface area contributed by atoms with E-state index in [2.05, 4.69) is 35.8 Å². The number of hydrogen-bond donors (Lipinski definition) is 2. The molecule has 2 N–H and O–H groups in total. The molecular weight excluding hydrogens is 462 g/mol. The maximum atomic E-state index is 13.5. The van der Waals surface area contributed by atoms with E-state index in [4.69, 9.17) is 4.74 Å². The van der Waals surface area contributed by atoms with Crippen molar-refractivity contribution in [2.24, 2.45) is 5.92 Å². The summed E-state index contributed by atoms with van der Waals surface area (Å²) >= 11 is 0. The molecule has 36 heavy (non-hydrogen) atoms. The lowest BCUT2D eigenvalue weighted by atomic mass is 9.97. The number of ether oxygens (including phenoxy) is 2. The fraction of sp³-hybridized carbons (Fsp3) is 0.556. The van der Waals surface area contributed by atoms with Gasteiger partial charge in [-0.2, -0.15) is 0 Å². The molecule has 0 aliphatic rings. The Kier molecular flexibility index (Phi) is 12.1.